The standard InChI is InChI=1S/C14H19ClN2O3/c1-8(2)12(7-13(18)19)17-14(20)16-10-5-4-9(3)11(15)6-10/h4-6,8,12H,7H2,1-3H3,(H,18,19)(H2,16,17,20). The van der Waals surface area contributed by atoms with Crippen molar-refractivity contribution in [1.82, 2.24) is 5.32 Å². The number of rotatable bonds is 5. The number of amides is 2. The summed E-state index contributed by atoms with van der Waals surface area (Å²) in [6.07, 6.45) is -0.111. The number of carbonyl (C=O) groups excluding carboxylic acids is 1. The lowest BCUT2D eigenvalue weighted by Gasteiger charge is -2.21. The highest BCUT2D eigenvalue weighted by atomic mass is 35.5. The van der Waals surface area contributed by atoms with E-state index in [0.717, 1.165) is 5.56 Å². The van der Waals surface area contributed by atoms with Gasteiger partial charge >= 0.3 is 12.0 Å². The molecule has 0 aliphatic heterocycles. The number of carboxylic acid groups (broad SMARTS) is 1. The van der Waals surface area contributed by atoms with Crippen LogP contribution in [0.3, 0.4) is 0 Å². The number of benzene rings is 1. The van der Waals surface area contributed by atoms with Gasteiger partial charge in [-0.1, -0.05) is 31.5 Å². The number of anilines is 1. The Hall–Kier alpha value is -1.75. The number of carbonyl (C=O) groups is 2. The second-order valence-corrected chi connectivity index (χ2v) is 5.42. The van der Waals surface area contributed by atoms with Crippen LogP contribution in [0.15, 0.2) is 18.2 Å². The van der Waals surface area contributed by atoms with Crippen molar-refractivity contribution in [3.05, 3.63) is 28.8 Å². The van der Waals surface area contributed by atoms with Crippen LogP contribution in [-0.2, 0) is 4.79 Å². The lowest BCUT2D eigenvalue weighted by molar-refractivity contribution is -0.137. The minimum atomic E-state index is -0.942. The van der Waals surface area contributed by atoms with E-state index in [0.29, 0.717) is 10.7 Å². The maximum atomic E-state index is 11.8. The second-order valence-electron chi connectivity index (χ2n) is 5.01. The first-order valence-corrected chi connectivity index (χ1v) is 6.73. The Kier molecular flexibility index (Phi) is 5.82. The van der Waals surface area contributed by atoms with Crippen LogP contribution in [0.4, 0.5) is 10.5 Å². The number of carboxylic acids is 1. The van der Waals surface area contributed by atoms with Gasteiger partial charge in [0.05, 0.1) is 6.42 Å². The quantitative estimate of drug-likeness (QED) is 0.780. The van der Waals surface area contributed by atoms with E-state index in [1.54, 1.807) is 18.2 Å². The van der Waals surface area contributed by atoms with Gasteiger partial charge in [0.25, 0.3) is 0 Å². The number of nitrogens with one attached hydrogen (secondary N) is 2. The summed E-state index contributed by atoms with van der Waals surface area (Å²) in [6.45, 7) is 5.58. The van der Waals surface area contributed by atoms with Gasteiger partial charge in [-0.3, -0.25) is 4.79 Å². The monoisotopic (exact) mass is 298 g/mol. The van der Waals surface area contributed by atoms with Gasteiger partial charge in [0, 0.05) is 16.8 Å². The minimum absolute atomic E-state index is 0.0263. The van der Waals surface area contributed by atoms with Crippen LogP contribution in [0.1, 0.15) is 25.8 Å². The Morgan fingerprint density at radius 1 is 1.35 bits per heavy atom. The maximum absolute atomic E-state index is 11.8. The molecule has 1 atom stereocenters. The summed E-state index contributed by atoms with van der Waals surface area (Å²) in [7, 11) is 0. The third-order valence-corrected chi connectivity index (χ3v) is 3.35. The zero-order valence-corrected chi connectivity index (χ0v) is 12.5. The van der Waals surface area contributed by atoms with Gasteiger partial charge in [-0.15, -0.1) is 0 Å². The van der Waals surface area contributed by atoms with Gasteiger partial charge in [-0.2, -0.15) is 0 Å². The smallest absolute Gasteiger partial charge is 0.319 e. The van der Waals surface area contributed by atoms with Crippen molar-refractivity contribution in [3.63, 3.8) is 0 Å². The van der Waals surface area contributed by atoms with Crippen LogP contribution in [0.2, 0.25) is 5.02 Å². The lowest BCUT2D eigenvalue weighted by atomic mass is 10.0. The molecular formula is C14H19ClN2O3. The van der Waals surface area contributed by atoms with Gasteiger partial charge in [-0.05, 0) is 30.5 Å². The normalized spacial score (nSPS) is 12.1. The summed E-state index contributed by atoms with van der Waals surface area (Å²) in [5.41, 5.74) is 1.49. The van der Waals surface area contributed by atoms with Crippen molar-refractivity contribution in [2.24, 2.45) is 5.92 Å². The Morgan fingerprint density at radius 2 is 2.00 bits per heavy atom. The molecule has 1 aromatic rings. The lowest BCUT2D eigenvalue weighted by Crippen LogP contribution is -2.42. The molecule has 0 saturated carbocycles. The molecule has 0 aliphatic rings. The molecule has 20 heavy (non-hydrogen) atoms. The molecule has 110 valence electrons. The molecule has 0 saturated heterocycles. The topological polar surface area (TPSA) is 78.4 Å². The zero-order chi connectivity index (χ0) is 15.3. The van der Waals surface area contributed by atoms with E-state index in [1.807, 2.05) is 20.8 Å². The number of aliphatic carboxylic acids is 1. The van der Waals surface area contributed by atoms with E-state index in [1.165, 1.54) is 0 Å². The predicted octanol–water partition coefficient (Wildman–Crippen LogP) is 3.27. The molecule has 0 aliphatic carbocycles. The van der Waals surface area contributed by atoms with Crippen molar-refractivity contribution < 1.29 is 14.7 Å². The van der Waals surface area contributed by atoms with E-state index in [4.69, 9.17) is 16.7 Å². The summed E-state index contributed by atoms with van der Waals surface area (Å²) < 4.78 is 0. The number of aryl methyl sites for hydroxylation is 1. The highest BCUT2D eigenvalue weighted by Crippen LogP contribution is 2.20. The Labute approximate surface area is 123 Å². The third-order valence-electron chi connectivity index (χ3n) is 2.95. The van der Waals surface area contributed by atoms with Gasteiger partial charge in [0.1, 0.15) is 0 Å². The van der Waals surface area contributed by atoms with Crippen molar-refractivity contribution in [2.45, 2.75) is 33.2 Å². The zero-order valence-electron chi connectivity index (χ0n) is 11.7. The maximum Gasteiger partial charge on any atom is 0.319 e. The summed E-state index contributed by atoms with van der Waals surface area (Å²) in [5, 5.41) is 14.7. The molecular weight excluding hydrogens is 280 g/mol. The molecule has 6 heteroatoms. The van der Waals surface area contributed by atoms with Crippen LogP contribution in [0.25, 0.3) is 0 Å². The molecule has 1 rings (SSSR count). The fourth-order valence-electron chi connectivity index (χ4n) is 1.65. The first-order chi connectivity index (χ1) is 9.29. The molecule has 0 heterocycles. The summed E-state index contributed by atoms with van der Waals surface area (Å²) >= 11 is 5.97. The van der Waals surface area contributed by atoms with Gasteiger partial charge in [0.15, 0.2) is 0 Å². The molecule has 0 aromatic heterocycles. The Balaban J connectivity index is 2.65. The van der Waals surface area contributed by atoms with Crippen LogP contribution in [0, 0.1) is 12.8 Å². The fourth-order valence-corrected chi connectivity index (χ4v) is 1.83. The first-order valence-electron chi connectivity index (χ1n) is 6.35. The van der Waals surface area contributed by atoms with E-state index < -0.39 is 18.0 Å². The van der Waals surface area contributed by atoms with Crippen molar-refractivity contribution in [2.75, 3.05) is 5.32 Å². The fraction of sp³-hybridized carbons (Fsp3) is 0.429. The van der Waals surface area contributed by atoms with Gasteiger partial charge < -0.3 is 15.7 Å². The molecule has 0 radical (unpaired) electrons. The number of urea groups is 1. The minimum Gasteiger partial charge on any atom is -0.481 e. The summed E-state index contributed by atoms with van der Waals surface area (Å²) in [4.78, 5) is 22.6. The van der Waals surface area contributed by atoms with Crippen LogP contribution < -0.4 is 10.6 Å². The van der Waals surface area contributed by atoms with Crippen LogP contribution in [-0.4, -0.2) is 23.1 Å². The molecule has 0 fully saturated rings. The summed E-state index contributed by atoms with van der Waals surface area (Å²) in [5.74, 6) is -0.916. The highest BCUT2D eigenvalue weighted by molar-refractivity contribution is 6.31. The van der Waals surface area contributed by atoms with Crippen molar-refractivity contribution >= 4 is 29.3 Å². The summed E-state index contributed by atoms with van der Waals surface area (Å²) in [6, 6.07) is 4.33. The van der Waals surface area contributed by atoms with E-state index in [2.05, 4.69) is 10.6 Å². The average molecular weight is 299 g/mol. The van der Waals surface area contributed by atoms with E-state index in [9.17, 15) is 9.59 Å². The van der Waals surface area contributed by atoms with E-state index >= 15 is 0 Å². The largest absolute Gasteiger partial charge is 0.481 e. The van der Waals surface area contributed by atoms with Gasteiger partial charge in [-0.25, -0.2) is 4.79 Å². The van der Waals surface area contributed by atoms with Gasteiger partial charge in [0.2, 0.25) is 0 Å². The molecule has 3 N–H and O–H groups in total. The third kappa shape index (κ3) is 5.09. The number of hydrogen-bond acceptors (Lipinski definition) is 2. The molecule has 1 unspecified atom stereocenters. The first kappa shape index (κ1) is 16.3. The van der Waals surface area contributed by atoms with Crippen LogP contribution >= 0.6 is 11.6 Å². The SMILES string of the molecule is Cc1ccc(NC(=O)NC(CC(=O)O)C(C)C)cc1Cl. The van der Waals surface area contributed by atoms with Crippen molar-refractivity contribution in [3.8, 4) is 0 Å². The number of hydrogen-bond donors (Lipinski definition) is 3. The molecule has 5 nitrogen and oxygen atoms in total. The average Bonchev–Trinajstić information content (AvgIpc) is 2.32. The molecule has 0 spiro atoms. The van der Waals surface area contributed by atoms with Crippen LogP contribution in [0.5, 0.6) is 0 Å². The predicted molar refractivity (Wildman–Crippen MR) is 79.2 cm³/mol. The Bertz CT molecular complexity index is 503. The number of halogens is 1. The highest BCUT2D eigenvalue weighted by Gasteiger charge is 2.19. The Morgan fingerprint density at radius 3 is 2.50 bits per heavy atom. The van der Waals surface area contributed by atoms with Crippen molar-refractivity contribution in [1.29, 1.82) is 0 Å². The molecule has 0 bridgehead atoms. The van der Waals surface area contributed by atoms with E-state index in [-0.39, 0.29) is 12.3 Å². The molecule has 1 aromatic carbocycles. The molecule has 2 amide bonds. The second kappa shape index (κ2) is 7.14.